The van der Waals surface area contributed by atoms with Crippen LogP contribution in [0.3, 0.4) is 0 Å². The van der Waals surface area contributed by atoms with Crippen LogP contribution in [0.4, 0.5) is 4.79 Å². The first kappa shape index (κ1) is 33.1. The third-order valence-electron chi connectivity index (χ3n) is 4.56. The zero-order valence-electron chi connectivity index (χ0n) is 21.3. The Bertz CT molecular complexity index is 802. The molecule has 13 nitrogen and oxygen atoms in total. The molecule has 0 aliphatic carbocycles. The molecule has 0 radical (unpaired) electrons. The highest BCUT2D eigenvalue weighted by Gasteiger charge is 2.31. The summed E-state index contributed by atoms with van der Waals surface area (Å²) in [5.41, 5.74) is 4.28. The van der Waals surface area contributed by atoms with Crippen molar-refractivity contribution in [3.63, 3.8) is 0 Å². The van der Waals surface area contributed by atoms with Crippen LogP contribution < -0.4 is 27.0 Å². The van der Waals surface area contributed by atoms with E-state index in [2.05, 4.69) is 37.2 Å². The number of amides is 5. The molecule has 5 amide bonds. The molecule has 0 heterocycles. The lowest BCUT2D eigenvalue weighted by molar-refractivity contribution is -0.142. The number of rotatable bonds is 15. The van der Waals surface area contributed by atoms with E-state index in [4.69, 9.17) is 10.5 Å². The third kappa shape index (κ3) is 13.9. The number of alkyl carbamates (subject to hydrolysis) is 1. The summed E-state index contributed by atoms with van der Waals surface area (Å²) in [5, 5.41) is 19.0. The third-order valence-corrected chi connectivity index (χ3v) is 5.29. The molecule has 0 aliphatic rings. The maximum atomic E-state index is 13.0. The Morgan fingerprint density at radius 2 is 1.36 bits per heavy atom. The van der Waals surface area contributed by atoms with Gasteiger partial charge in [-0.15, -0.1) is 0 Å². The van der Waals surface area contributed by atoms with Crippen molar-refractivity contribution in [1.82, 2.24) is 21.3 Å². The molecular weight excluding hydrogens is 542 g/mol. The maximum absolute atomic E-state index is 13.0. The van der Waals surface area contributed by atoms with Gasteiger partial charge in [0.15, 0.2) is 0 Å². The molecular formula is C22H38BrN5O8. The number of nitrogens with one attached hydrogen (secondary N) is 4. The van der Waals surface area contributed by atoms with Crippen molar-refractivity contribution >= 4 is 51.6 Å². The lowest BCUT2D eigenvalue weighted by atomic mass is 10.1. The number of carboxylic acid groups (broad SMARTS) is 1. The number of alkyl halides is 1. The highest BCUT2D eigenvalue weighted by atomic mass is 79.9. The van der Waals surface area contributed by atoms with Crippen LogP contribution in [-0.4, -0.2) is 75.9 Å². The number of carbonyl (C=O) groups excluding carboxylic acids is 5. The van der Waals surface area contributed by atoms with E-state index < -0.39 is 70.8 Å². The van der Waals surface area contributed by atoms with Gasteiger partial charge >= 0.3 is 12.1 Å². The van der Waals surface area contributed by atoms with Crippen molar-refractivity contribution in [2.75, 3.05) is 6.54 Å². The summed E-state index contributed by atoms with van der Waals surface area (Å²) in [6.45, 7) is 8.10. The van der Waals surface area contributed by atoms with Crippen LogP contribution in [0.15, 0.2) is 0 Å². The normalized spacial score (nSPS) is 14.4. The van der Waals surface area contributed by atoms with E-state index in [1.807, 2.05) is 0 Å². The second-order valence-electron chi connectivity index (χ2n) is 9.12. The van der Waals surface area contributed by atoms with E-state index in [9.17, 15) is 33.9 Å². The largest absolute Gasteiger partial charge is 0.480 e. The monoisotopic (exact) mass is 579 g/mol. The molecule has 0 rings (SSSR count). The zero-order valence-corrected chi connectivity index (χ0v) is 22.9. The summed E-state index contributed by atoms with van der Waals surface area (Å²) in [6, 6.07) is -3.64. The number of nitrogens with two attached hydrogens (primary N) is 1. The first-order chi connectivity index (χ1) is 16.6. The van der Waals surface area contributed by atoms with Gasteiger partial charge in [0, 0.05) is 13.0 Å². The number of primary amides is 1. The van der Waals surface area contributed by atoms with Gasteiger partial charge in [-0.25, -0.2) is 9.59 Å². The SMILES string of the molecule is CCC[C@H](NC(=O)[C@H](CNC(=O)[C@@H](Br)CC(N)=O)NC(=O)[C@H](CCC)NC(=O)OC(C)(C)C)C(=O)O. The lowest BCUT2D eigenvalue weighted by Crippen LogP contribution is -2.59. The molecule has 0 saturated carbocycles. The summed E-state index contributed by atoms with van der Waals surface area (Å²) >= 11 is 3.02. The summed E-state index contributed by atoms with van der Waals surface area (Å²) < 4.78 is 5.19. The van der Waals surface area contributed by atoms with Crippen LogP contribution in [0.5, 0.6) is 0 Å². The molecule has 0 spiro atoms. The highest BCUT2D eigenvalue weighted by molar-refractivity contribution is 9.10. The van der Waals surface area contributed by atoms with Crippen molar-refractivity contribution in [2.45, 2.75) is 95.3 Å². The Morgan fingerprint density at radius 1 is 0.861 bits per heavy atom. The van der Waals surface area contributed by atoms with Gasteiger partial charge in [-0.05, 0) is 33.6 Å². The van der Waals surface area contributed by atoms with E-state index in [-0.39, 0.29) is 19.3 Å². The van der Waals surface area contributed by atoms with Crippen molar-refractivity contribution < 1.29 is 38.6 Å². The average Bonchev–Trinajstić information content (AvgIpc) is 2.73. The molecule has 0 aromatic rings. The first-order valence-corrected chi connectivity index (χ1v) is 12.6. The van der Waals surface area contributed by atoms with Gasteiger partial charge < -0.3 is 36.8 Å². The Hall–Kier alpha value is -2.90. The summed E-state index contributed by atoms with van der Waals surface area (Å²) in [4.78, 5) is 71.8. The van der Waals surface area contributed by atoms with Crippen LogP contribution in [0.1, 0.15) is 66.7 Å². The molecule has 0 aromatic heterocycles. The Labute approximate surface area is 219 Å². The molecule has 0 saturated heterocycles. The van der Waals surface area contributed by atoms with E-state index in [1.165, 1.54) is 0 Å². The van der Waals surface area contributed by atoms with Crippen molar-refractivity contribution in [3.8, 4) is 0 Å². The minimum absolute atomic E-state index is 0.148. The predicted octanol–water partition coefficient (Wildman–Crippen LogP) is 0.289. The molecule has 0 bridgehead atoms. The molecule has 0 aromatic carbocycles. The Kier molecular flexibility index (Phi) is 14.7. The molecule has 0 fully saturated rings. The number of hydrogen-bond acceptors (Lipinski definition) is 7. The van der Waals surface area contributed by atoms with E-state index >= 15 is 0 Å². The minimum Gasteiger partial charge on any atom is -0.480 e. The second-order valence-corrected chi connectivity index (χ2v) is 10.2. The van der Waals surface area contributed by atoms with Gasteiger partial charge in [0.05, 0.1) is 0 Å². The second kappa shape index (κ2) is 16.0. The van der Waals surface area contributed by atoms with E-state index in [0.29, 0.717) is 12.8 Å². The maximum Gasteiger partial charge on any atom is 0.408 e. The van der Waals surface area contributed by atoms with Gasteiger partial charge in [0.2, 0.25) is 23.6 Å². The quantitative estimate of drug-likeness (QED) is 0.148. The standard InChI is InChI=1S/C22H38BrN5O8/c1-6-8-13(28-21(35)36-22(3,4)5)18(31)27-15(11-25-17(30)12(23)10-16(24)29)19(32)26-14(9-7-2)20(33)34/h12-15H,6-11H2,1-5H3,(H2,24,29)(H,25,30)(H,26,32)(H,27,31)(H,28,35)(H,33,34)/t12-,13-,14-,15-/m0/s1. The fraction of sp³-hybridized carbons (Fsp3) is 0.727. The van der Waals surface area contributed by atoms with Crippen LogP contribution in [0.25, 0.3) is 0 Å². The van der Waals surface area contributed by atoms with Gasteiger partial charge in [0.1, 0.15) is 28.6 Å². The molecule has 0 unspecified atom stereocenters. The Balaban J connectivity index is 5.63. The molecule has 14 heteroatoms. The van der Waals surface area contributed by atoms with Crippen molar-refractivity contribution in [3.05, 3.63) is 0 Å². The lowest BCUT2D eigenvalue weighted by Gasteiger charge is -2.26. The highest BCUT2D eigenvalue weighted by Crippen LogP contribution is 2.08. The van der Waals surface area contributed by atoms with Crippen molar-refractivity contribution in [2.24, 2.45) is 5.73 Å². The van der Waals surface area contributed by atoms with E-state index in [1.54, 1.807) is 34.6 Å². The number of carbonyl (C=O) groups is 6. The topological polar surface area (TPSA) is 206 Å². The summed E-state index contributed by atoms with van der Waals surface area (Å²) in [5.74, 6) is -4.22. The van der Waals surface area contributed by atoms with Gasteiger partial charge in [-0.1, -0.05) is 42.6 Å². The van der Waals surface area contributed by atoms with Gasteiger partial charge in [0.25, 0.3) is 0 Å². The molecule has 4 atom stereocenters. The Morgan fingerprint density at radius 3 is 1.83 bits per heavy atom. The number of aliphatic carboxylic acids is 1. The molecule has 0 aliphatic heterocycles. The molecule has 36 heavy (non-hydrogen) atoms. The number of halogens is 1. The van der Waals surface area contributed by atoms with Crippen LogP contribution in [0.2, 0.25) is 0 Å². The van der Waals surface area contributed by atoms with Crippen LogP contribution in [0, 0.1) is 0 Å². The summed E-state index contributed by atoms with van der Waals surface area (Å²) in [7, 11) is 0. The van der Waals surface area contributed by atoms with E-state index in [0.717, 1.165) is 0 Å². The number of hydrogen-bond donors (Lipinski definition) is 6. The fourth-order valence-corrected chi connectivity index (χ4v) is 3.37. The minimum atomic E-state index is -1.38. The predicted molar refractivity (Wildman–Crippen MR) is 134 cm³/mol. The van der Waals surface area contributed by atoms with Crippen LogP contribution in [-0.2, 0) is 28.7 Å². The van der Waals surface area contributed by atoms with Crippen LogP contribution >= 0.6 is 15.9 Å². The number of carboxylic acids is 1. The average molecular weight is 580 g/mol. The fourth-order valence-electron chi connectivity index (χ4n) is 2.89. The molecule has 206 valence electrons. The smallest absolute Gasteiger partial charge is 0.408 e. The molecule has 7 N–H and O–H groups in total. The van der Waals surface area contributed by atoms with Crippen molar-refractivity contribution in [1.29, 1.82) is 0 Å². The number of ether oxygens (including phenoxy) is 1. The van der Waals surface area contributed by atoms with Gasteiger partial charge in [-0.2, -0.15) is 0 Å². The first-order valence-electron chi connectivity index (χ1n) is 11.6. The van der Waals surface area contributed by atoms with Gasteiger partial charge in [-0.3, -0.25) is 19.2 Å². The summed E-state index contributed by atoms with van der Waals surface area (Å²) in [6.07, 6.45) is 0.230. The zero-order chi connectivity index (χ0) is 28.1.